The van der Waals surface area contributed by atoms with Crippen molar-refractivity contribution in [3.8, 4) is 0 Å². The van der Waals surface area contributed by atoms with Gasteiger partial charge in [-0.15, -0.1) is 10.2 Å². The minimum Gasteiger partial charge on any atom is -0.396 e. The van der Waals surface area contributed by atoms with Gasteiger partial charge in [-0.2, -0.15) is 4.80 Å². The summed E-state index contributed by atoms with van der Waals surface area (Å²) in [5.74, 6) is 0.662. The van der Waals surface area contributed by atoms with Crippen molar-refractivity contribution in [3.05, 3.63) is 5.82 Å². The van der Waals surface area contributed by atoms with Crippen LogP contribution in [0.2, 0.25) is 0 Å². The topological polar surface area (TPSA) is 89.8 Å². The normalized spacial score (nSPS) is 10.5. The zero-order chi connectivity index (χ0) is 8.81. The van der Waals surface area contributed by atoms with Gasteiger partial charge in [0.15, 0.2) is 5.82 Å². The van der Waals surface area contributed by atoms with E-state index in [1.807, 2.05) is 0 Å². The van der Waals surface area contributed by atoms with Gasteiger partial charge in [-0.05, 0) is 18.2 Å². The van der Waals surface area contributed by atoms with E-state index in [1.54, 1.807) is 0 Å². The molecule has 0 fully saturated rings. The highest BCUT2D eigenvalue weighted by molar-refractivity contribution is 4.76. The third kappa shape index (κ3) is 2.55. The van der Waals surface area contributed by atoms with E-state index in [4.69, 9.17) is 10.8 Å². The van der Waals surface area contributed by atoms with Gasteiger partial charge in [-0.25, -0.2) is 0 Å². The molecule has 0 radical (unpaired) electrons. The average Bonchev–Trinajstić information content (AvgIpc) is 2.50. The Morgan fingerprint density at radius 1 is 1.50 bits per heavy atom. The fourth-order valence-electron chi connectivity index (χ4n) is 0.812. The van der Waals surface area contributed by atoms with E-state index < -0.39 is 0 Å². The average molecular weight is 171 g/mol. The maximum Gasteiger partial charge on any atom is 0.176 e. The molecule has 0 spiro atoms. The highest BCUT2D eigenvalue weighted by Crippen LogP contribution is 1.88. The number of hydrogen-bond acceptors (Lipinski definition) is 5. The Morgan fingerprint density at radius 3 is 3.00 bits per heavy atom. The van der Waals surface area contributed by atoms with Crippen LogP contribution in [0.15, 0.2) is 0 Å². The minimum atomic E-state index is 0.147. The summed E-state index contributed by atoms with van der Waals surface area (Å²) in [6, 6.07) is 0. The van der Waals surface area contributed by atoms with E-state index in [-0.39, 0.29) is 6.61 Å². The van der Waals surface area contributed by atoms with Gasteiger partial charge in [0, 0.05) is 13.0 Å². The Bertz CT molecular complexity index is 223. The number of hydrogen-bond donors (Lipinski definition) is 2. The molecule has 0 unspecified atom stereocenters. The van der Waals surface area contributed by atoms with Gasteiger partial charge in [0.25, 0.3) is 0 Å². The lowest BCUT2D eigenvalue weighted by Gasteiger charge is -1.93. The maximum atomic E-state index is 8.53. The summed E-state index contributed by atoms with van der Waals surface area (Å²) < 4.78 is 0. The van der Waals surface area contributed by atoms with Crippen LogP contribution in [0, 0.1) is 0 Å². The molecule has 0 saturated carbocycles. The quantitative estimate of drug-likeness (QED) is 0.566. The van der Waals surface area contributed by atoms with Crippen LogP contribution in [-0.4, -0.2) is 38.5 Å². The number of rotatable bonds is 5. The van der Waals surface area contributed by atoms with Crippen molar-refractivity contribution in [2.75, 3.05) is 13.2 Å². The van der Waals surface area contributed by atoms with Crippen molar-refractivity contribution in [1.29, 1.82) is 0 Å². The Kier molecular flexibility index (Phi) is 3.62. The number of aliphatic hydroxyl groups is 1. The number of tetrazole rings is 1. The molecule has 0 aliphatic heterocycles. The fraction of sp³-hybridized carbons (Fsp3) is 0.833. The molecule has 0 bridgehead atoms. The highest BCUT2D eigenvalue weighted by atomic mass is 16.3. The first-order valence-corrected chi connectivity index (χ1v) is 3.94. The minimum absolute atomic E-state index is 0.147. The third-order valence-electron chi connectivity index (χ3n) is 1.38. The van der Waals surface area contributed by atoms with Crippen molar-refractivity contribution >= 4 is 0 Å². The molecule has 12 heavy (non-hydrogen) atoms. The summed E-state index contributed by atoms with van der Waals surface area (Å²) >= 11 is 0. The van der Waals surface area contributed by atoms with Crippen LogP contribution in [0.5, 0.6) is 0 Å². The molecule has 6 heteroatoms. The fourth-order valence-corrected chi connectivity index (χ4v) is 0.812. The summed E-state index contributed by atoms with van der Waals surface area (Å²) in [7, 11) is 0. The molecule has 1 rings (SSSR count). The van der Waals surface area contributed by atoms with Crippen LogP contribution in [0.4, 0.5) is 0 Å². The van der Waals surface area contributed by atoms with E-state index in [2.05, 4.69) is 15.4 Å². The molecule has 1 aromatic heterocycles. The summed E-state index contributed by atoms with van der Waals surface area (Å²) in [5, 5.41) is 20.1. The van der Waals surface area contributed by atoms with Gasteiger partial charge in [0.1, 0.15) is 0 Å². The molecule has 0 aliphatic rings. The van der Waals surface area contributed by atoms with Crippen molar-refractivity contribution in [2.24, 2.45) is 5.73 Å². The summed E-state index contributed by atoms with van der Waals surface area (Å²) in [5.41, 5.74) is 5.31. The van der Waals surface area contributed by atoms with E-state index in [1.165, 1.54) is 4.80 Å². The number of nitrogens with two attached hydrogens (primary N) is 1. The molecule has 0 amide bonds. The van der Waals surface area contributed by atoms with Crippen molar-refractivity contribution in [1.82, 2.24) is 20.2 Å². The van der Waals surface area contributed by atoms with E-state index in [0.29, 0.717) is 31.8 Å². The lowest BCUT2D eigenvalue weighted by molar-refractivity contribution is 0.272. The van der Waals surface area contributed by atoms with Crippen LogP contribution < -0.4 is 5.73 Å². The zero-order valence-corrected chi connectivity index (χ0v) is 6.85. The van der Waals surface area contributed by atoms with E-state index in [9.17, 15) is 0 Å². The van der Waals surface area contributed by atoms with Gasteiger partial charge in [-0.1, -0.05) is 0 Å². The van der Waals surface area contributed by atoms with Crippen LogP contribution in [0.25, 0.3) is 0 Å². The lowest BCUT2D eigenvalue weighted by Crippen LogP contribution is -2.06. The van der Waals surface area contributed by atoms with Crippen molar-refractivity contribution < 1.29 is 5.11 Å². The maximum absolute atomic E-state index is 8.53. The smallest absolute Gasteiger partial charge is 0.176 e. The molecule has 68 valence electrons. The SMILES string of the molecule is NCCc1nnn(CCCO)n1. The van der Waals surface area contributed by atoms with Crippen LogP contribution >= 0.6 is 0 Å². The Morgan fingerprint density at radius 2 is 2.33 bits per heavy atom. The van der Waals surface area contributed by atoms with Gasteiger partial charge >= 0.3 is 0 Å². The molecular formula is C6H13N5O. The second-order valence-corrected chi connectivity index (χ2v) is 2.42. The predicted molar refractivity (Wildman–Crippen MR) is 42.3 cm³/mol. The van der Waals surface area contributed by atoms with Gasteiger partial charge < -0.3 is 10.8 Å². The lowest BCUT2D eigenvalue weighted by atomic mass is 10.4. The molecular weight excluding hydrogens is 158 g/mol. The van der Waals surface area contributed by atoms with Crippen LogP contribution in [-0.2, 0) is 13.0 Å². The van der Waals surface area contributed by atoms with Gasteiger partial charge in [-0.3, -0.25) is 0 Å². The van der Waals surface area contributed by atoms with Crippen molar-refractivity contribution in [2.45, 2.75) is 19.4 Å². The first kappa shape index (κ1) is 9.08. The number of aryl methyl sites for hydroxylation is 1. The van der Waals surface area contributed by atoms with Crippen molar-refractivity contribution in [3.63, 3.8) is 0 Å². The van der Waals surface area contributed by atoms with E-state index in [0.717, 1.165) is 0 Å². The molecule has 1 aromatic rings. The Labute approximate surface area is 70.4 Å². The van der Waals surface area contributed by atoms with E-state index >= 15 is 0 Å². The first-order valence-electron chi connectivity index (χ1n) is 3.94. The Hall–Kier alpha value is -1.01. The zero-order valence-electron chi connectivity index (χ0n) is 6.85. The van der Waals surface area contributed by atoms with Crippen LogP contribution in [0.1, 0.15) is 12.2 Å². The summed E-state index contributed by atoms with van der Waals surface area (Å²) in [6.45, 7) is 1.29. The van der Waals surface area contributed by atoms with Gasteiger partial charge in [0.2, 0.25) is 0 Å². The highest BCUT2D eigenvalue weighted by Gasteiger charge is 1.99. The molecule has 0 aliphatic carbocycles. The number of nitrogens with zero attached hydrogens (tertiary/aromatic N) is 4. The largest absolute Gasteiger partial charge is 0.396 e. The first-order chi connectivity index (χ1) is 5.86. The van der Waals surface area contributed by atoms with Gasteiger partial charge in [0.05, 0.1) is 6.54 Å². The molecule has 6 nitrogen and oxygen atoms in total. The molecule has 3 N–H and O–H groups in total. The second kappa shape index (κ2) is 4.78. The standard InChI is InChI=1S/C6H13N5O/c7-3-2-6-8-10-11(9-6)4-1-5-12/h12H,1-5,7H2. The van der Waals surface area contributed by atoms with Crippen LogP contribution in [0.3, 0.4) is 0 Å². The third-order valence-corrected chi connectivity index (χ3v) is 1.38. The predicted octanol–water partition coefficient (Wildman–Crippen LogP) is -1.44. The molecule has 0 saturated heterocycles. The summed E-state index contributed by atoms with van der Waals surface area (Å²) in [4.78, 5) is 1.47. The Balaban J connectivity index is 2.41. The molecule has 1 heterocycles. The number of aliphatic hydroxyl groups excluding tert-OH is 1. The monoisotopic (exact) mass is 171 g/mol. The summed E-state index contributed by atoms with van der Waals surface area (Å²) in [6.07, 6.45) is 1.30. The molecule has 0 atom stereocenters. The second-order valence-electron chi connectivity index (χ2n) is 2.42. The number of aromatic nitrogens is 4. The molecule has 0 aromatic carbocycles.